The zero-order valence-corrected chi connectivity index (χ0v) is 10.3. The maximum atomic E-state index is 12.1. The normalized spacial score (nSPS) is 20.4. The third-order valence-corrected chi connectivity index (χ3v) is 3.24. The molecule has 1 aliphatic rings. The number of Topliss-reactive ketones (excluding diaryl/α,β-unsaturated/α-hetero) is 1. The molecule has 0 amide bonds. The van der Waals surface area contributed by atoms with Crippen LogP contribution in [0.25, 0.3) is 0 Å². The maximum Gasteiger partial charge on any atom is 0.142 e. The van der Waals surface area contributed by atoms with Crippen LogP contribution in [0.2, 0.25) is 0 Å². The highest BCUT2D eigenvalue weighted by atomic mass is 16.1. The van der Waals surface area contributed by atoms with E-state index in [1.165, 1.54) is 5.56 Å². The smallest absolute Gasteiger partial charge is 0.142 e. The molecule has 0 spiro atoms. The number of carbonyl (C=O) groups excluding carboxylic acids is 1. The van der Waals surface area contributed by atoms with Crippen molar-refractivity contribution < 1.29 is 6.17 Å². The van der Waals surface area contributed by atoms with E-state index in [-0.39, 0.29) is 17.6 Å². The lowest BCUT2D eigenvalue weighted by Gasteiger charge is -2.17. The van der Waals surface area contributed by atoms with Gasteiger partial charge in [-0.25, -0.2) is 0 Å². The summed E-state index contributed by atoms with van der Waals surface area (Å²) in [5.74, 6) is 0.255. The minimum atomic E-state index is -0.293. The van der Waals surface area contributed by atoms with Crippen LogP contribution in [0.5, 0.6) is 0 Å². The Morgan fingerprint density at radius 1 is 1.44 bits per heavy atom. The van der Waals surface area contributed by atoms with Crippen molar-refractivity contribution in [1.82, 2.24) is 0 Å². The van der Waals surface area contributed by atoms with Crippen LogP contribution in [0.3, 0.4) is 0 Å². The summed E-state index contributed by atoms with van der Waals surface area (Å²) in [6, 6.07) is 6.12. The van der Waals surface area contributed by atoms with E-state index in [2.05, 4.69) is 6.07 Å². The third kappa shape index (κ3) is 2.18. The molecule has 0 aromatic heterocycles. The first-order valence-electron chi connectivity index (χ1n) is 6.53. The minimum absolute atomic E-state index is 0.131. The number of benzene rings is 1. The number of rotatable bonds is 2. The molecule has 0 aliphatic heterocycles. The molecule has 0 saturated carbocycles. The summed E-state index contributed by atoms with van der Waals surface area (Å²) >= 11 is 0. The predicted molar refractivity (Wildman–Crippen MR) is 66.6 cm³/mol. The van der Waals surface area contributed by atoms with Gasteiger partial charge in [-0.15, -0.1) is 0 Å². The monoisotopic (exact) mass is 217 g/mol. The van der Waals surface area contributed by atoms with Gasteiger partial charge in [-0.05, 0) is 35.9 Å². The van der Waals surface area contributed by atoms with Crippen LogP contribution >= 0.6 is 0 Å². The largest absolute Gasteiger partial charge is 0.299 e. The van der Waals surface area contributed by atoms with Gasteiger partial charge in [0.1, 0.15) is 5.78 Å². The van der Waals surface area contributed by atoms with E-state index >= 15 is 0 Å². The maximum absolute atomic E-state index is 12.1. The van der Waals surface area contributed by atoms with Gasteiger partial charge in [0.2, 0.25) is 0 Å². The van der Waals surface area contributed by atoms with E-state index in [1.807, 2.05) is 32.9 Å². The van der Waals surface area contributed by atoms with Gasteiger partial charge in [0.25, 0.3) is 0 Å². The minimum Gasteiger partial charge on any atom is -0.299 e. The fourth-order valence-corrected chi connectivity index (χ4v) is 2.11. The topological polar surface area (TPSA) is 17.1 Å². The van der Waals surface area contributed by atoms with Gasteiger partial charge < -0.3 is 0 Å². The van der Waals surface area contributed by atoms with Crippen LogP contribution in [0, 0.1) is 5.41 Å². The molecule has 0 N–H and O–H groups in total. The lowest BCUT2D eigenvalue weighted by molar-refractivity contribution is -0.125. The molecule has 1 aromatic carbocycles. The fourth-order valence-electron chi connectivity index (χ4n) is 2.11. The van der Waals surface area contributed by atoms with Gasteiger partial charge in [-0.1, -0.05) is 39.0 Å². The number of aryl methyl sites for hydroxylation is 1. The molecule has 0 saturated heterocycles. The van der Waals surface area contributed by atoms with Crippen molar-refractivity contribution in [2.45, 2.75) is 46.4 Å². The average molecular weight is 217 g/mol. The number of fused-ring (bicyclic) bond motifs is 1. The van der Waals surface area contributed by atoms with Crippen molar-refractivity contribution >= 4 is 5.78 Å². The summed E-state index contributed by atoms with van der Waals surface area (Å²) in [5, 5.41) is 0. The molecule has 0 heterocycles. The van der Waals surface area contributed by atoms with Crippen LogP contribution in [-0.4, -0.2) is 5.78 Å². The van der Waals surface area contributed by atoms with Crippen LogP contribution in [0.1, 0.15) is 45.3 Å². The molecule has 0 bridgehead atoms. The summed E-state index contributed by atoms with van der Waals surface area (Å²) in [6.45, 7) is 5.87. The van der Waals surface area contributed by atoms with E-state index in [0.29, 0.717) is 6.42 Å². The van der Waals surface area contributed by atoms with Crippen molar-refractivity contribution in [3.8, 4) is 0 Å². The highest BCUT2D eigenvalue weighted by molar-refractivity contribution is 5.86. The van der Waals surface area contributed by atoms with Gasteiger partial charge in [0.15, 0.2) is 0 Å². The van der Waals surface area contributed by atoms with Gasteiger partial charge in [-0.2, -0.15) is 0 Å². The molecule has 86 valence electrons. The zero-order chi connectivity index (χ0) is 12.6. The number of carbonyl (C=O) groups is 1. The van der Waals surface area contributed by atoms with E-state index in [4.69, 9.17) is 1.37 Å². The molecular weight excluding hydrogens is 196 g/mol. The molecule has 1 aromatic rings. The van der Waals surface area contributed by atoms with E-state index in [1.54, 1.807) is 0 Å². The Kier molecular flexibility index (Phi) is 2.55. The summed E-state index contributed by atoms with van der Waals surface area (Å²) in [6.07, 6.45) is 2.23. The Morgan fingerprint density at radius 3 is 2.88 bits per heavy atom. The second-order valence-corrected chi connectivity index (χ2v) is 5.58. The summed E-state index contributed by atoms with van der Waals surface area (Å²) in [5.41, 5.74) is 3.16. The molecular formula is C15H20O. The zero-order valence-electron chi connectivity index (χ0n) is 11.3. The van der Waals surface area contributed by atoms with Crippen LogP contribution in [0.15, 0.2) is 18.2 Å². The molecule has 1 atom stereocenters. The summed E-state index contributed by atoms with van der Waals surface area (Å²) < 4.78 is 8.04. The Labute approximate surface area is 99.3 Å². The Balaban J connectivity index is 2.29. The molecule has 0 radical (unpaired) electrons. The molecule has 0 fully saturated rings. The lowest BCUT2D eigenvalue weighted by Crippen LogP contribution is -2.22. The van der Waals surface area contributed by atoms with Crippen LogP contribution in [0.4, 0.5) is 0 Å². The van der Waals surface area contributed by atoms with Crippen molar-refractivity contribution in [1.29, 1.82) is 0 Å². The number of ketones is 1. The number of hydrogen-bond acceptors (Lipinski definition) is 1. The highest BCUT2D eigenvalue weighted by Gasteiger charge is 2.23. The van der Waals surface area contributed by atoms with Gasteiger partial charge in [0, 0.05) is 13.2 Å². The Morgan fingerprint density at radius 2 is 2.19 bits per heavy atom. The first-order valence-corrected chi connectivity index (χ1v) is 5.96. The quantitative estimate of drug-likeness (QED) is 0.742. The second-order valence-electron chi connectivity index (χ2n) is 5.58. The molecule has 1 aliphatic carbocycles. The van der Waals surface area contributed by atoms with Crippen molar-refractivity contribution in [2.75, 3.05) is 0 Å². The van der Waals surface area contributed by atoms with Crippen molar-refractivity contribution in [3.05, 3.63) is 34.9 Å². The average Bonchev–Trinajstić information content (AvgIpc) is 2.60. The lowest BCUT2D eigenvalue weighted by atomic mass is 9.85. The summed E-state index contributed by atoms with van der Waals surface area (Å²) in [4.78, 5) is 12.1. The first-order chi connectivity index (χ1) is 7.89. The van der Waals surface area contributed by atoms with E-state index < -0.39 is 0 Å². The fraction of sp³-hybridized carbons (Fsp3) is 0.533. The molecule has 1 heteroatoms. The van der Waals surface area contributed by atoms with Gasteiger partial charge in [-0.3, -0.25) is 4.79 Å². The van der Waals surface area contributed by atoms with Crippen molar-refractivity contribution in [2.24, 2.45) is 5.41 Å². The molecule has 1 nitrogen and oxygen atoms in total. The van der Waals surface area contributed by atoms with E-state index in [9.17, 15) is 4.79 Å². The van der Waals surface area contributed by atoms with Crippen molar-refractivity contribution in [3.63, 3.8) is 0 Å². The Hall–Kier alpha value is -1.11. The molecule has 2 rings (SSSR count). The highest BCUT2D eigenvalue weighted by Crippen LogP contribution is 2.27. The van der Waals surface area contributed by atoms with Crippen LogP contribution < -0.4 is 0 Å². The second kappa shape index (κ2) is 4.04. The van der Waals surface area contributed by atoms with E-state index in [0.717, 1.165) is 24.0 Å². The van der Waals surface area contributed by atoms with Gasteiger partial charge in [0.05, 0.1) is 0 Å². The summed E-state index contributed by atoms with van der Waals surface area (Å²) in [7, 11) is 0. The predicted octanol–water partition coefficient (Wildman–Crippen LogP) is 3.33. The Bertz CT molecular complexity index is 443. The third-order valence-electron chi connectivity index (χ3n) is 3.24. The first kappa shape index (κ1) is 10.1. The molecule has 1 unspecified atom stereocenters. The number of hydrogen-bond donors (Lipinski definition) is 0. The van der Waals surface area contributed by atoms with Crippen LogP contribution in [-0.2, 0) is 24.0 Å². The molecule has 16 heavy (non-hydrogen) atoms. The standard InChI is InChI=1S/C15H20O/c1-15(2,3)14(16)10-12-8-4-6-11-7-5-9-13(11)12/h4,6,8H,5,7,9-10H2,1-3H3/i9D. The van der Waals surface area contributed by atoms with Gasteiger partial charge >= 0.3 is 0 Å². The SMILES string of the molecule is [2H]C1CCc2cccc(CC(=O)C(C)(C)C)c21.